The molecule has 0 fully saturated rings. The molecule has 0 atom stereocenters. The lowest BCUT2D eigenvalue weighted by atomic mass is 10.1. The summed E-state index contributed by atoms with van der Waals surface area (Å²) in [5.41, 5.74) is 1.63. The van der Waals surface area contributed by atoms with E-state index in [-0.39, 0.29) is 5.91 Å². The molecule has 3 nitrogen and oxygen atoms in total. The molecule has 3 heteroatoms. The second kappa shape index (κ2) is 6.98. The van der Waals surface area contributed by atoms with Gasteiger partial charge in [0.1, 0.15) is 0 Å². The average Bonchev–Trinajstić information content (AvgIpc) is 2.18. The molecule has 15 heavy (non-hydrogen) atoms. The van der Waals surface area contributed by atoms with Gasteiger partial charge in [0, 0.05) is 26.5 Å². The Morgan fingerprint density at radius 3 is 2.33 bits per heavy atom. The molecule has 0 radical (unpaired) electrons. The van der Waals surface area contributed by atoms with Gasteiger partial charge in [-0.25, -0.2) is 0 Å². The molecule has 0 spiro atoms. The molecule has 1 aromatic heterocycles. The van der Waals surface area contributed by atoms with Crippen LogP contribution in [0.25, 0.3) is 0 Å². The summed E-state index contributed by atoms with van der Waals surface area (Å²) < 4.78 is 0. The largest absolute Gasteiger partial charge is 0.345 e. The third kappa shape index (κ3) is 4.58. The highest BCUT2D eigenvalue weighted by Gasteiger charge is 2.09. The highest BCUT2D eigenvalue weighted by atomic mass is 16.2. The first-order valence-corrected chi connectivity index (χ1v) is 5.16. The smallest absolute Gasteiger partial charge is 0.255 e. The third-order valence-electron chi connectivity index (χ3n) is 1.68. The predicted molar refractivity (Wildman–Crippen MR) is 63.0 cm³/mol. The minimum atomic E-state index is 0.000556. The van der Waals surface area contributed by atoms with E-state index in [0.717, 1.165) is 5.56 Å². The fraction of sp³-hybridized carbons (Fsp3) is 0.500. The third-order valence-corrected chi connectivity index (χ3v) is 1.68. The summed E-state index contributed by atoms with van der Waals surface area (Å²) >= 11 is 0. The maximum atomic E-state index is 11.5. The number of carbonyl (C=O) groups excluding carboxylic acids is 1. The van der Waals surface area contributed by atoms with E-state index in [0.29, 0.717) is 5.56 Å². The molecule has 1 rings (SSSR count). The Bertz CT molecular complexity index is 308. The van der Waals surface area contributed by atoms with Gasteiger partial charge in [-0.05, 0) is 18.6 Å². The molecule has 0 aliphatic rings. The van der Waals surface area contributed by atoms with Crippen LogP contribution in [0.4, 0.5) is 0 Å². The molecule has 0 saturated heterocycles. The van der Waals surface area contributed by atoms with Crippen molar-refractivity contribution in [2.75, 3.05) is 14.1 Å². The van der Waals surface area contributed by atoms with Crippen LogP contribution in [0.2, 0.25) is 0 Å². The number of rotatable bonds is 1. The number of hydrogen-bond acceptors (Lipinski definition) is 2. The molecule has 0 aliphatic carbocycles. The first-order valence-electron chi connectivity index (χ1n) is 5.16. The molecule has 1 heterocycles. The van der Waals surface area contributed by atoms with Crippen LogP contribution >= 0.6 is 0 Å². The highest BCUT2D eigenvalue weighted by Crippen LogP contribution is 2.06. The maximum Gasteiger partial charge on any atom is 0.255 e. The van der Waals surface area contributed by atoms with Gasteiger partial charge < -0.3 is 4.90 Å². The molecule has 84 valence electrons. The maximum absolute atomic E-state index is 11.5. The van der Waals surface area contributed by atoms with Crippen LogP contribution in [0.15, 0.2) is 18.5 Å². The van der Waals surface area contributed by atoms with Crippen molar-refractivity contribution in [3.63, 3.8) is 0 Å². The Morgan fingerprint density at radius 2 is 1.93 bits per heavy atom. The van der Waals surface area contributed by atoms with Crippen molar-refractivity contribution in [3.05, 3.63) is 29.6 Å². The highest BCUT2D eigenvalue weighted by molar-refractivity contribution is 5.94. The Balaban J connectivity index is 0.000000583. The quantitative estimate of drug-likeness (QED) is 0.710. The van der Waals surface area contributed by atoms with Crippen LogP contribution in [-0.4, -0.2) is 29.9 Å². The van der Waals surface area contributed by atoms with E-state index in [1.807, 2.05) is 13.0 Å². The van der Waals surface area contributed by atoms with E-state index in [1.54, 1.807) is 31.4 Å². The van der Waals surface area contributed by atoms with Crippen molar-refractivity contribution in [3.8, 4) is 0 Å². The SMILES string of the molecule is CCC.Cc1ccncc1C(=O)N(C)C. The van der Waals surface area contributed by atoms with Crippen LogP contribution in [0.1, 0.15) is 36.2 Å². The van der Waals surface area contributed by atoms with Gasteiger partial charge in [0.25, 0.3) is 5.91 Å². The van der Waals surface area contributed by atoms with Gasteiger partial charge in [-0.1, -0.05) is 20.3 Å². The standard InChI is InChI=1S/C9H12N2O.C3H8/c1-7-4-5-10-6-8(7)9(12)11(2)3;1-3-2/h4-6H,1-3H3;3H2,1-2H3. The second-order valence-corrected chi connectivity index (χ2v) is 3.60. The lowest BCUT2D eigenvalue weighted by molar-refractivity contribution is 0.0826. The summed E-state index contributed by atoms with van der Waals surface area (Å²) in [6.07, 6.45) is 4.53. The fourth-order valence-corrected chi connectivity index (χ4v) is 0.929. The average molecular weight is 208 g/mol. The number of carbonyl (C=O) groups is 1. The number of pyridine rings is 1. The van der Waals surface area contributed by atoms with Crippen LogP contribution < -0.4 is 0 Å². The van der Waals surface area contributed by atoms with Crippen molar-refractivity contribution in [1.82, 2.24) is 9.88 Å². The molecule has 1 aromatic rings. The number of hydrogen-bond donors (Lipinski definition) is 0. The molecular weight excluding hydrogens is 188 g/mol. The molecule has 0 N–H and O–H groups in total. The van der Waals surface area contributed by atoms with Crippen LogP contribution in [-0.2, 0) is 0 Å². The fourth-order valence-electron chi connectivity index (χ4n) is 0.929. The van der Waals surface area contributed by atoms with E-state index in [1.165, 1.54) is 6.42 Å². The second-order valence-electron chi connectivity index (χ2n) is 3.60. The van der Waals surface area contributed by atoms with E-state index < -0.39 is 0 Å². The molecule has 0 bridgehead atoms. The molecule has 0 unspecified atom stereocenters. The first kappa shape index (κ1) is 13.6. The summed E-state index contributed by atoms with van der Waals surface area (Å²) in [5, 5.41) is 0. The summed E-state index contributed by atoms with van der Waals surface area (Å²) in [7, 11) is 3.46. The molecule has 1 amide bonds. The van der Waals surface area contributed by atoms with Gasteiger partial charge in [0.2, 0.25) is 0 Å². The molecule has 0 saturated carbocycles. The van der Waals surface area contributed by atoms with Gasteiger partial charge in [0.05, 0.1) is 5.56 Å². The van der Waals surface area contributed by atoms with Gasteiger partial charge in [-0.2, -0.15) is 0 Å². The topological polar surface area (TPSA) is 33.2 Å². The lowest BCUT2D eigenvalue weighted by Crippen LogP contribution is -2.22. The van der Waals surface area contributed by atoms with E-state index in [9.17, 15) is 4.79 Å². The normalized spacial score (nSPS) is 8.87. The predicted octanol–water partition coefficient (Wildman–Crippen LogP) is 2.51. The van der Waals surface area contributed by atoms with Crippen molar-refractivity contribution in [1.29, 1.82) is 0 Å². The van der Waals surface area contributed by atoms with Gasteiger partial charge in [-0.15, -0.1) is 0 Å². The first-order chi connectivity index (χ1) is 7.04. The Morgan fingerprint density at radius 1 is 1.40 bits per heavy atom. The Kier molecular flexibility index (Phi) is 6.34. The van der Waals surface area contributed by atoms with Crippen molar-refractivity contribution >= 4 is 5.91 Å². The van der Waals surface area contributed by atoms with Crippen LogP contribution in [0, 0.1) is 6.92 Å². The lowest BCUT2D eigenvalue weighted by Gasteiger charge is -2.11. The number of aryl methyl sites for hydroxylation is 1. The van der Waals surface area contributed by atoms with E-state index in [2.05, 4.69) is 18.8 Å². The molecular formula is C12H20N2O. The summed E-state index contributed by atoms with van der Waals surface area (Å²) in [4.78, 5) is 16.9. The Labute approximate surface area is 92.1 Å². The zero-order valence-corrected chi connectivity index (χ0v) is 10.2. The summed E-state index contributed by atoms with van der Waals surface area (Å²) in [5.74, 6) is 0.000556. The van der Waals surface area contributed by atoms with E-state index in [4.69, 9.17) is 0 Å². The zero-order valence-electron chi connectivity index (χ0n) is 10.2. The molecule has 0 aliphatic heterocycles. The molecule has 0 aromatic carbocycles. The number of aromatic nitrogens is 1. The zero-order chi connectivity index (χ0) is 11.8. The van der Waals surface area contributed by atoms with Crippen molar-refractivity contribution in [2.45, 2.75) is 27.2 Å². The minimum Gasteiger partial charge on any atom is -0.345 e. The van der Waals surface area contributed by atoms with Crippen molar-refractivity contribution < 1.29 is 4.79 Å². The monoisotopic (exact) mass is 208 g/mol. The summed E-state index contributed by atoms with van der Waals surface area (Å²) in [6.45, 7) is 6.15. The van der Waals surface area contributed by atoms with Crippen LogP contribution in [0.5, 0.6) is 0 Å². The summed E-state index contributed by atoms with van der Waals surface area (Å²) in [6, 6.07) is 1.83. The van der Waals surface area contributed by atoms with Gasteiger partial charge in [-0.3, -0.25) is 9.78 Å². The minimum absolute atomic E-state index is 0.000556. The number of amides is 1. The van der Waals surface area contributed by atoms with E-state index >= 15 is 0 Å². The Hall–Kier alpha value is -1.38. The number of nitrogens with zero attached hydrogens (tertiary/aromatic N) is 2. The van der Waals surface area contributed by atoms with Crippen LogP contribution in [0.3, 0.4) is 0 Å². The van der Waals surface area contributed by atoms with Gasteiger partial charge in [0.15, 0.2) is 0 Å². The van der Waals surface area contributed by atoms with Crippen molar-refractivity contribution in [2.24, 2.45) is 0 Å². The van der Waals surface area contributed by atoms with Gasteiger partial charge >= 0.3 is 0 Å².